The van der Waals surface area contributed by atoms with E-state index in [0.29, 0.717) is 4.47 Å². The van der Waals surface area contributed by atoms with Crippen molar-refractivity contribution in [2.75, 3.05) is 13.7 Å². The number of carboxylic acids is 1. The third kappa shape index (κ3) is 3.79. The number of aliphatic carboxylic acids is 1. The van der Waals surface area contributed by atoms with Crippen molar-refractivity contribution in [1.29, 1.82) is 0 Å². The Morgan fingerprint density at radius 2 is 2.35 bits per heavy atom. The fourth-order valence-electron chi connectivity index (χ4n) is 1.12. The van der Waals surface area contributed by atoms with Crippen LogP contribution in [0.2, 0.25) is 0 Å². The van der Waals surface area contributed by atoms with Crippen LogP contribution in [0.3, 0.4) is 0 Å². The normalized spacial score (nSPS) is 11.9. The molecule has 1 rings (SSSR count). The lowest BCUT2D eigenvalue weighted by Crippen LogP contribution is -2.44. The Kier molecular flexibility index (Phi) is 5.05. The second kappa shape index (κ2) is 6.31. The molecule has 0 aliphatic rings. The van der Waals surface area contributed by atoms with Crippen molar-refractivity contribution >= 4 is 27.8 Å². The van der Waals surface area contributed by atoms with Crippen LogP contribution in [-0.2, 0) is 9.53 Å². The first kappa shape index (κ1) is 13.6. The molecule has 0 saturated carbocycles. The molecule has 1 amide bonds. The van der Waals surface area contributed by atoms with Crippen LogP contribution in [0.1, 0.15) is 10.5 Å². The molecule has 0 saturated heterocycles. The molecule has 2 N–H and O–H groups in total. The minimum Gasteiger partial charge on any atom is -0.480 e. The zero-order valence-electron chi connectivity index (χ0n) is 9.01. The Balaban J connectivity index is 2.77. The fourth-order valence-corrected chi connectivity index (χ4v) is 1.56. The van der Waals surface area contributed by atoms with Crippen molar-refractivity contribution in [3.05, 3.63) is 28.5 Å². The second-order valence-electron chi connectivity index (χ2n) is 3.15. The summed E-state index contributed by atoms with van der Waals surface area (Å²) in [7, 11) is 1.36. The van der Waals surface area contributed by atoms with E-state index >= 15 is 0 Å². The third-order valence-corrected chi connectivity index (χ3v) is 2.55. The quantitative estimate of drug-likeness (QED) is 0.835. The number of rotatable bonds is 5. The van der Waals surface area contributed by atoms with Crippen molar-refractivity contribution in [1.82, 2.24) is 10.3 Å². The molecule has 1 unspecified atom stereocenters. The highest BCUT2D eigenvalue weighted by atomic mass is 79.9. The van der Waals surface area contributed by atoms with E-state index in [1.807, 2.05) is 0 Å². The average Bonchev–Trinajstić information content (AvgIpc) is 2.28. The molecule has 0 fully saturated rings. The number of amides is 1. The zero-order valence-corrected chi connectivity index (χ0v) is 10.6. The van der Waals surface area contributed by atoms with E-state index in [9.17, 15) is 9.59 Å². The largest absolute Gasteiger partial charge is 0.480 e. The number of carbonyl (C=O) groups excluding carboxylic acids is 1. The van der Waals surface area contributed by atoms with Gasteiger partial charge in [0.1, 0.15) is 5.69 Å². The van der Waals surface area contributed by atoms with Gasteiger partial charge in [-0.2, -0.15) is 0 Å². The SMILES string of the molecule is COCC(NC(=O)c1ncccc1Br)C(=O)O. The Morgan fingerprint density at radius 1 is 1.65 bits per heavy atom. The number of carbonyl (C=O) groups is 2. The predicted molar refractivity (Wildman–Crippen MR) is 62.7 cm³/mol. The molecule has 1 aromatic heterocycles. The van der Waals surface area contributed by atoms with Crippen molar-refractivity contribution in [2.45, 2.75) is 6.04 Å². The first-order valence-corrected chi connectivity index (χ1v) is 5.48. The summed E-state index contributed by atoms with van der Waals surface area (Å²) in [5.41, 5.74) is 0.134. The second-order valence-corrected chi connectivity index (χ2v) is 4.01. The minimum atomic E-state index is -1.16. The number of halogens is 1. The molecule has 1 atom stereocenters. The van der Waals surface area contributed by atoms with E-state index in [-0.39, 0.29) is 12.3 Å². The Hall–Kier alpha value is -1.47. The van der Waals surface area contributed by atoms with Gasteiger partial charge < -0.3 is 15.2 Å². The molecule has 7 heteroatoms. The molecule has 0 aromatic carbocycles. The first-order chi connectivity index (χ1) is 8.06. The highest BCUT2D eigenvalue weighted by molar-refractivity contribution is 9.10. The molecule has 0 aliphatic heterocycles. The predicted octanol–water partition coefficient (Wildman–Crippen LogP) is 0.673. The van der Waals surface area contributed by atoms with Gasteiger partial charge in [0.25, 0.3) is 5.91 Å². The number of aromatic nitrogens is 1. The summed E-state index contributed by atoms with van der Waals surface area (Å²) in [6.45, 7) is -0.106. The van der Waals surface area contributed by atoms with E-state index in [1.54, 1.807) is 12.1 Å². The van der Waals surface area contributed by atoms with Crippen molar-refractivity contribution in [3.63, 3.8) is 0 Å². The summed E-state index contributed by atoms with van der Waals surface area (Å²) in [6.07, 6.45) is 1.45. The average molecular weight is 303 g/mol. The highest BCUT2D eigenvalue weighted by Crippen LogP contribution is 2.12. The number of nitrogens with zero attached hydrogens (tertiary/aromatic N) is 1. The molecule has 1 aromatic rings. The van der Waals surface area contributed by atoms with E-state index in [2.05, 4.69) is 26.2 Å². The van der Waals surface area contributed by atoms with Gasteiger partial charge in [-0.1, -0.05) is 0 Å². The number of methoxy groups -OCH3 is 1. The van der Waals surface area contributed by atoms with Crippen LogP contribution in [0.15, 0.2) is 22.8 Å². The van der Waals surface area contributed by atoms with Crippen LogP contribution < -0.4 is 5.32 Å². The molecule has 1 heterocycles. The summed E-state index contributed by atoms with van der Waals surface area (Å²) < 4.78 is 5.20. The highest BCUT2D eigenvalue weighted by Gasteiger charge is 2.22. The van der Waals surface area contributed by atoms with Gasteiger partial charge in [-0.15, -0.1) is 0 Å². The summed E-state index contributed by atoms with van der Waals surface area (Å²) in [5.74, 6) is -1.73. The van der Waals surface area contributed by atoms with Gasteiger partial charge in [0.05, 0.1) is 6.61 Å². The van der Waals surface area contributed by atoms with Gasteiger partial charge in [-0.3, -0.25) is 4.79 Å². The Labute approximate surface area is 106 Å². The fraction of sp³-hybridized carbons (Fsp3) is 0.300. The molecular weight excluding hydrogens is 292 g/mol. The number of hydrogen-bond donors (Lipinski definition) is 2. The number of ether oxygens (including phenoxy) is 1. The monoisotopic (exact) mass is 302 g/mol. The van der Waals surface area contributed by atoms with E-state index in [4.69, 9.17) is 9.84 Å². The molecular formula is C10H11BrN2O4. The molecule has 92 valence electrons. The first-order valence-electron chi connectivity index (χ1n) is 4.69. The standard InChI is InChI=1S/C10H11BrN2O4/c1-17-5-7(10(15)16)13-9(14)8-6(11)3-2-4-12-8/h2-4,7H,5H2,1H3,(H,13,14)(H,15,16). The van der Waals surface area contributed by atoms with Crippen LogP contribution in [0, 0.1) is 0 Å². The van der Waals surface area contributed by atoms with E-state index < -0.39 is 17.9 Å². The summed E-state index contributed by atoms with van der Waals surface area (Å²) in [4.78, 5) is 26.4. The van der Waals surface area contributed by atoms with Crippen LogP contribution in [0.4, 0.5) is 0 Å². The third-order valence-electron chi connectivity index (χ3n) is 1.91. The van der Waals surface area contributed by atoms with Crippen LogP contribution in [-0.4, -0.2) is 41.7 Å². The zero-order chi connectivity index (χ0) is 12.8. The summed E-state index contributed by atoms with van der Waals surface area (Å²) in [5, 5.41) is 11.2. The van der Waals surface area contributed by atoms with Crippen molar-refractivity contribution in [2.24, 2.45) is 0 Å². The summed E-state index contributed by atoms with van der Waals surface area (Å²) >= 11 is 3.16. The van der Waals surface area contributed by atoms with Crippen LogP contribution >= 0.6 is 15.9 Å². The molecule has 0 aliphatic carbocycles. The molecule has 0 radical (unpaired) electrons. The van der Waals surface area contributed by atoms with Gasteiger partial charge in [0.15, 0.2) is 6.04 Å². The number of nitrogens with one attached hydrogen (secondary N) is 1. The van der Waals surface area contributed by atoms with E-state index in [1.165, 1.54) is 13.3 Å². The number of pyridine rings is 1. The van der Waals surface area contributed by atoms with Crippen molar-refractivity contribution < 1.29 is 19.4 Å². The smallest absolute Gasteiger partial charge is 0.328 e. The molecule has 0 bridgehead atoms. The van der Waals surface area contributed by atoms with E-state index in [0.717, 1.165) is 0 Å². The topological polar surface area (TPSA) is 88.5 Å². The lowest BCUT2D eigenvalue weighted by molar-refractivity contribution is -0.140. The lowest BCUT2D eigenvalue weighted by Gasteiger charge is -2.13. The van der Waals surface area contributed by atoms with Gasteiger partial charge in [0.2, 0.25) is 0 Å². The van der Waals surface area contributed by atoms with Gasteiger partial charge in [-0.25, -0.2) is 9.78 Å². The maximum Gasteiger partial charge on any atom is 0.328 e. The molecule has 17 heavy (non-hydrogen) atoms. The molecule has 0 spiro atoms. The Bertz CT molecular complexity index is 425. The lowest BCUT2D eigenvalue weighted by atomic mass is 10.3. The van der Waals surface area contributed by atoms with Crippen molar-refractivity contribution in [3.8, 4) is 0 Å². The van der Waals surface area contributed by atoms with Crippen LogP contribution in [0.5, 0.6) is 0 Å². The number of hydrogen-bond acceptors (Lipinski definition) is 4. The maximum atomic E-state index is 11.7. The van der Waals surface area contributed by atoms with Gasteiger partial charge in [-0.05, 0) is 28.1 Å². The maximum absolute atomic E-state index is 11.7. The summed E-state index contributed by atoms with van der Waals surface area (Å²) in [6, 6.07) is 2.21. The van der Waals surface area contributed by atoms with Gasteiger partial charge in [0, 0.05) is 17.8 Å². The van der Waals surface area contributed by atoms with Crippen LogP contribution in [0.25, 0.3) is 0 Å². The molecule has 6 nitrogen and oxygen atoms in total. The number of carboxylic acid groups (broad SMARTS) is 1. The van der Waals surface area contributed by atoms with Gasteiger partial charge >= 0.3 is 5.97 Å². The minimum absolute atomic E-state index is 0.106. The Morgan fingerprint density at radius 3 is 2.88 bits per heavy atom.